The van der Waals surface area contributed by atoms with Crippen LogP contribution < -0.4 is 10.1 Å². The molecule has 0 saturated heterocycles. The molecule has 106 valence electrons. The van der Waals surface area contributed by atoms with Crippen molar-refractivity contribution in [3.05, 3.63) is 42.0 Å². The van der Waals surface area contributed by atoms with Crippen molar-refractivity contribution in [1.82, 2.24) is 5.32 Å². The van der Waals surface area contributed by atoms with Crippen LogP contribution in [0, 0.1) is 0 Å². The Kier molecular flexibility index (Phi) is 7.23. The highest BCUT2D eigenvalue weighted by Crippen LogP contribution is 2.13. The first-order valence-corrected chi connectivity index (χ1v) is 6.76. The standard InChI is InChI=1S/C16H25NO2/c1-13(2)12-18-10-9-17-11-15-5-7-16(8-6-15)19-14(3)4/h5-8,14,17H,1,9-12H2,2-4H3. The summed E-state index contributed by atoms with van der Waals surface area (Å²) < 4.78 is 11.0. The number of nitrogens with one attached hydrogen (secondary N) is 1. The minimum absolute atomic E-state index is 0.217. The average Bonchev–Trinajstić information content (AvgIpc) is 2.34. The molecule has 19 heavy (non-hydrogen) atoms. The second kappa shape index (κ2) is 8.73. The number of benzene rings is 1. The normalized spacial score (nSPS) is 10.7. The molecule has 0 saturated carbocycles. The van der Waals surface area contributed by atoms with Crippen molar-refractivity contribution < 1.29 is 9.47 Å². The molecule has 1 aromatic carbocycles. The monoisotopic (exact) mass is 263 g/mol. The first-order valence-electron chi connectivity index (χ1n) is 6.76. The summed E-state index contributed by atoms with van der Waals surface area (Å²) >= 11 is 0. The van der Waals surface area contributed by atoms with Gasteiger partial charge in [0.2, 0.25) is 0 Å². The van der Waals surface area contributed by atoms with Gasteiger partial charge in [0.05, 0.1) is 19.3 Å². The third-order valence-corrected chi connectivity index (χ3v) is 2.40. The Bertz CT molecular complexity index is 371. The van der Waals surface area contributed by atoms with E-state index in [4.69, 9.17) is 9.47 Å². The maximum atomic E-state index is 5.60. The van der Waals surface area contributed by atoms with Crippen molar-refractivity contribution in [2.24, 2.45) is 0 Å². The molecule has 0 unspecified atom stereocenters. The van der Waals surface area contributed by atoms with Crippen molar-refractivity contribution in [3.63, 3.8) is 0 Å². The van der Waals surface area contributed by atoms with Gasteiger partial charge in [0, 0.05) is 13.1 Å². The molecule has 0 aromatic heterocycles. The van der Waals surface area contributed by atoms with Gasteiger partial charge in [-0.1, -0.05) is 24.3 Å². The number of hydrogen-bond donors (Lipinski definition) is 1. The summed E-state index contributed by atoms with van der Waals surface area (Å²) in [5.41, 5.74) is 2.30. The van der Waals surface area contributed by atoms with Gasteiger partial charge in [-0.15, -0.1) is 0 Å². The van der Waals surface area contributed by atoms with E-state index in [0.29, 0.717) is 13.2 Å². The van der Waals surface area contributed by atoms with Gasteiger partial charge in [-0.3, -0.25) is 0 Å². The molecule has 0 amide bonds. The maximum Gasteiger partial charge on any atom is 0.119 e. The highest BCUT2D eigenvalue weighted by molar-refractivity contribution is 5.27. The first kappa shape index (κ1) is 15.7. The van der Waals surface area contributed by atoms with Crippen LogP contribution in [-0.4, -0.2) is 25.9 Å². The van der Waals surface area contributed by atoms with Gasteiger partial charge in [-0.25, -0.2) is 0 Å². The molecule has 0 heterocycles. The zero-order valence-corrected chi connectivity index (χ0v) is 12.2. The zero-order chi connectivity index (χ0) is 14.1. The number of rotatable bonds is 9. The molecule has 0 fully saturated rings. The van der Waals surface area contributed by atoms with Gasteiger partial charge >= 0.3 is 0 Å². The Morgan fingerprint density at radius 2 is 1.95 bits per heavy atom. The Morgan fingerprint density at radius 1 is 1.26 bits per heavy atom. The summed E-state index contributed by atoms with van der Waals surface area (Å²) in [6.45, 7) is 12.9. The van der Waals surface area contributed by atoms with E-state index in [1.54, 1.807) is 0 Å². The fraction of sp³-hybridized carbons (Fsp3) is 0.500. The predicted octanol–water partition coefficient (Wildman–Crippen LogP) is 3.16. The summed E-state index contributed by atoms with van der Waals surface area (Å²) in [6.07, 6.45) is 0.217. The predicted molar refractivity (Wildman–Crippen MR) is 79.5 cm³/mol. The number of ether oxygens (including phenoxy) is 2. The molecule has 1 rings (SSSR count). The number of hydrogen-bond acceptors (Lipinski definition) is 3. The van der Waals surface area contributed by atoms with Crippen LogP contribution in [0.3, 0.4) is 0 Å². The summed E-state index contributed by atoms with van der Waals surface area (Å²) in [5, 5.41) is 3.34. The Labute approximate surface area is 116 Å². The summed E-state index contributed by atoms with van der Waals surface area (Å²) in [6, 6.07) is 8.18. The van der Waals surface area contributed by atoms with E-state index in [0.717, 1.165) is 24.4 Å². The molecule has 3 heteroatoms. The maximum absolute atomic E-state index is 5.60. The minimum Gasteiger partial charge on any atom is -0.491 e. The van der Waals surface area contributed by atoms with E-state index in [-0.39, 0.29) is 6.10 Å². The van der Waals surface area contributed by atoms with Gasteiger partial charge < -0.3 is 14.8 Å². The Hall–Kier alpha value is -1.32. The quantitative estimate of drug-likeness (QED) is 0.548. The van der Waals surface area contributed by atoms with E-state index in [9.17, 15) is 0 Å². The lowest BCUT2D eigenvalue weighted by Crippen LogP contribution is -2.19. The van der Waals surface area contributed by atoms with E-state index < -0.39 is 0 Å². The van der Waals surface area contributed by atoms with Gasteiger partial charge in [-0.05, 0) is 38.5 Å². The molecule has 3 nitrogen and oxygen atoms in total. The van der Waals surface area contributed by atoms with Gasteiger partial charge in [0.1, 0.15) is 5.75 Å². The average molecular weight is 263 g/mol. The molecule has 0 aliphatic rings. The minimum atomic E-state index is 0.217. The molecule has 0 radical (unpaired) electrons. The van der Waals surface area contributed by atoms with Gasteiger partial charge in [0.15, 0.2) is 0 Å². The molecule has 0 bridgehead atoms. The van der Waals surface area contributed by atoms with E-state index >= 15 is 0 Å². The third kappa shape index (κ3) is 7.65. The second-order valence-corrected chi connectivity index (χ2v) is 5.00. The summed E-state index contributed by atoms with van der Waals surface area (Å²) in [7, 11) is 0. The largest absolute Gasteiger partial charge is 0.491 e. The van der Waals surface area contributed by atoms with Crippen LogP contribution >= 0.6 is 0 Å². The van der Waals surface area contributed by atoms with Crippen molar-refractivity contribution in [2.75, 3.05) is 19.8 Å². The lowest BCUT2D eigenvalue weighted by molar-refractivity contribution is 0.158. The van der Waals surface area contributed by atoms with Gasteiger partial charge in [-0.2, -0.15) is 0 Å². The molecule has 1 aromatic rings. The fourth-order valence-electron chi connectivity index (χ4n) is 1.58. The second-order valence-electron chi connectivity index (χ2n) is 5.00. The molecule has 0 atom stereocenters. The zero-order valence-electron chi connectivity index (χ0n) is 12.2. The lowest BCUT2D eigenvalue weighted by Gasteiger charge is -2.10. The lowest BCUT2D eigenvalue weighted by atomic mass is 10.2. The van der Waals surface area contributed by atoms with Crippen molar-refractivity contribution in [3.8, 4) is 5.75 Å². The summed E-state index contributed by atoms with van der Waals surface area (Å²) in [5.74, 6) is 0.920. The highest BCUT2D eigenvalue weighted by Gasteiger charge is 1.98. The van der Waals surface area contributed by atoms with Crippen molar-refractivity contribution in [2.45, 2.75) is 33.4 Å². The van der Waals surface area contributed by atoms with Crippen LogP contribution in [0.25, 0.3) is 0 Å². The smallest absolute Gasteiger partial charge is 0.119 e. The highest BCUT2D eigenvalue weighted by atomic mass is 16.5. The van der Waals surface area contributed by atoms with E-state index in [2.05, 4.69) is 24.0 Å². The molecule has 0 aliphatic heterocycles. The van der Waals surface area contributed by atoms with E-state index in [1.165, 1.54) is 5.56 Å². The van der Waals surface area contributed by atoms with Crippen LogP contribution in [-0.2, 0) is 11.3 Å². The SMILES string of the molecule is C=C(C)COCCNCc1ccc(OC(C)C)cc1. The molecular weight excluding hydrogens is 238 g/mol. The van der Waals surface area contributed by atoms with Crippen molar-refractivity contribution in [1.29, 1.82) is 0 Å². The molecule has 0 aliphatic carbocycles. The topological polar surface area (TPSA) is 30.5 Å². The van der Waals surface area contributed by atoms with Crippen LogP contribution in [0.4, 0.5) is 0 Å². The van der Waals surface area contributed by atoms with Crippen LogP contribution in [0.1, 0.15) is 26.3 Å². The molecule has 0 spiro atoms. The van der Waals surface area contributed by atoms with Crippen LogP contribution in [0.5, 0.6) is 5.75 Å². The van der Waals surface area contributed by atoms with Gasteiger partial charge in [0.25, 0.3) is 0 Å². The molecule has 1 N–H and O–H groups in total. The van der Waals surface area contributed by atoms with Crippen molar-refractivity contribution >= 4 is 0 Å². The fourth-order valence-corrected chi connectivity index (χ4v) is 1.58. The molecular formula is C16H25NO2. The van der Waals surface area contributed by atoms with Crippen LogP contribution in [0.15, 0.2) is 36.4 Å². The Balaban J connectivity index is 2.17. The van der Waals surface area contributed by atoms with Crippen LogP contribution in [0.2, 0.25) is 0 Å². The van der Waals surface area contributed by atoms with E-state index in [1.807, 2.05) is 32.9 Å². The Morgan fingerprint density at radius 3 is 2.53 bits per heavy atom. The first-order chi connectivity index (χ1) is 9.08. The summed E-state index contributed by atoms with van der Waals surface area (Å²) in [4.78, 5) is 0. The third-order valence-electron chi connectivity index (χ3n) is 2.40.